The van der Waals surface area contributed by atoms with Gasteiger partial charge in [-0.2, -0.15) is 0 Å². The number of nitrogens with one attached hydrogen (secondary N) is 1. The van der Waals surface area contributed by atoms with Crippen molar-refractivity contribution in [1.82, 2.24) is 5.32 Å². The average Bonchev–Trinajstić information content (AvgIpc) is 3.24. The van der Waals surface area contributed by atoms with Gasteiger partial charge in [-0.05, 0) is 42.1 Å². The van der Waals surface area contributed by atoms with Gasteiger partial charge in [-0.15, -0.1) is 0 Å². The van der Waals surface area contributed by atoms with Crippen molar-refractivity contribution in [2.75, 3.05) is 0 Å². The molecule has 122 valence electrons. The zero-order chi connectivity index (χ0) is 17.1. The predicted octanol–water partition coefficient (Wildman–Crippen LogP) is 5.47. The van der Waals surface area contributed by atoms with E-state index in [0.717, 1.165) is 33.7 Å². The van der Waals surface area contributed by atoms with Crippen molar-refractivity contribution >= 4 is 34.6 Å². The number of amidine groups is 1. The standard InChI is InChI=1S/C20H14N2O2S/c23-20-22-19(21-15-9-5-2-6-10-15)18(25-20)13-16-11-12-17(24-16)14-7-3-1-4-8-14/h1-13H,(H,21,22,23)/b18-13-. The van der Waals surface area contributed by atoms with Crippen molar-refractivity contribution in [2.24, 2.45) is 4.99 Å². The van der Waals surface area contributed by atoms with Crippen molar-refractivity contribution in [3.8, 4) is 11.3 Å². The lowest BCUT2D eigenvalue weighted by molar-refractivity contribution is 0.265. The molecule has 1 aliphatic heterocycles. The Kier molecular flexibility index (Phi) is 4.23. The number of hydrogen-bond donors (Lipinski definition) is 1. The summed E-state index contributed by atoms with van der Waals surface area (Å²) in [4.78, 5) is 17.0. The Morgan fingerprint density at radius 2 is 1.64 bits per heavy atom. The van der Waals surface area contributed by atoms with Crippen LogP contribution in [0.2, 0.25) is 0 Å². The fourth-order valence-electron chi connectivity index (χ4n) is 2.46. The van der Waals surface area contributed by atoms with Crippen LogP contribution in [0, 0.1) is 0 Å². The van der Waals surface area contributed by atoms with E-state index in [1.165, 1.54) is 0 Å². The van der Waals surface area contributed by atoms with Gasteiger partial charge in [-0.3, -0.25) is 4.79 Å². The van der Waals surface area contributed by atoms with Gasteiger partial charge in [0.05, 0.1) is 10.6 Å². The highest BCUT2D eigenvalue weighted by Gasteiger charge is 2.24. The number of carbonyl (C=O) groups excluding carboxylic acids is 1. The second kappa shape index (κ2) is 6.83. The Bertz CT molecular complexity index is 960. The van der Waals surface area contributed by atoms with Crippen LogP contribution in [0.5, 0.6) is 0 Å². The van der Waals surface area contributed by atoms with Gasteiger partial charge in [0.25, 0.3) is 5.24 Å². The summed E-state index contributed by atoms with van der Waals surface area (Å²) >= 11 is 1.11. The van der Waals surface area contributed by atoms with Crippen LogP contribution in [0.4, 0.5) is 10.5 Å². The van der Waals surface area contributed by atoms with Crippen molar-refractivity contribution in [3.05, 3.63) is 83.5 Å². The van der Waals surface area contributed by atoms with E-state index in [1.807, 2.05) is 78.9 Å². The highest BCUT2D eigenvalue weighted by molar-refractivity contribution is 8.18. The van der Waals surface area contributed by atoms with Crippen LogP contribution in [0.3, 0.4) is 0 Å². The smallest absolute Gasteiger partial charge is 0.289 e. The third kappa shape index (κ3) is 3.56. The van der Waals surface area contributed by atoms with Crippen LogP contribution in [-0.4, -0.2) is 11.1 Å². The summed E-state index contributed by atoms with van der Waals surface area (Å²) in [5.41, 5.74) is 1.80. The number of benzene rings is 2. The Balaban J connectivity index is 1.65. The quantitative estimate of drug-likeness (QED) is 0.684. The summed E-state index contributed by atoms with van der Waals surface area (Å²) in [5.74, 6) is 2.01. The summed E-state index contributed by atoms with van der Waals surface area (Å²) in [6.07, 6.45) is 1.83. The van der Waals surface area contributed by atoms with Gasteiger partial charge < -0.3 is 9.73 Å². The maximum atomic E-state index is 11.8. The number of amides is 1. The number of aliphatic imine (C=N–C) groups is 1. The molecule has 0 atom stereocenters. The van der Waals surface area contributed by atoms with E-state index in [1.54, 1.807) is 0 Å². The van der Waals surface area contributed by atoms with E-state index in [9.17, 15) is 4.79 Å². The molecule has 1 fully saturated rings. The first kappa shape index (κ1) is 15.5. The second-order valence-corrected chi connectivity index (χ2v) is 6.40. The van der Waals surface area contributed by atoms with E-state index in [-0.39, 0.29) is 5.24 Å². The highest BCUT2D eigenvalue weighted by atomic mass is 32.2. The molecule has 1 aliphatic rings. The molecule has 0 aliphatic carbocycles. The molecule has 0 saturated carbocycles. The molecule has 0 bridgehead atoms. The third-order valence-electron chi connectivity index (χ3n) is 3.61. The largest absolute Gasteiger partial charge is 0.457 e. The molecule has 0 spiro atoms. The lowest BCUT2D eigenvalue weighted by Gasteiger charge is -1.99. The number of thioether (sulfide) groups is 1. The van der Waals surface area contributed by atoms with Gasteiger partial charge >= 0.3 is 0 Å². The number of furan rings is 1. The molecule has 1 aromatic heterocycles. The monoisotopic (exact) mass is 346 g/mol. The lowest BCUT2D eigenvalue weighted by Crippen LogP contribution is -2.18. The molecular weight excluding hydrogens is 332 g/mol. The first-order valence-corrected chi connectivity index (χ1v) is 8.59. The molecular formula is C20H14N2O2S. The zero-order valence-electron chi connectivity index (χ0n) is 13.2. The number of carbonyl (C=O) groups is 1. The SMILES string of the molecule is O=C1NC(=Nc2ccccc2)/C(=C/c2ccc(-c3ccccc3)o2)S1. The van der Waals surface area contributed by atoms with Gasteiger partial charge in [0.1, 0.15) is 17.4 Å². The molecule has 1 N–H and O–H groups in total. The topological polar surface area (TPSA) is 54.6 Å². The van der Waals surface area contributed by atoms with Crippen LogP contribution < -0.4 is 5.32 Å². The first-order chi connectivity index (χ1) is 12.3. The molecule has 0 unspecified atom stereocenters. The van der Waals surface area contributed by atoms with Crippen LogP contribution in [0.15, 0.2) is 87.1 Å². The molecule has 2 heterocycles. The minimum absolute atomic E-state index is 0.143. The fraction of sp³-hybridized carbons (Fsp3) is 0. The van der Waals surface area contributed by atoms with E-state index < -0.39 is 0 Å². The molecule has 1 amide bonds. The zero-order valence-corrected chi connectivity index (χ0v) is 14.0. The molecule has 0 radical (unpaired) electrons. The summed E-state index contributed by atoms with van der Waals surface area (Å²) in [6.45, 7) is 0. The van der Waals surface area contributed by atoms with Crippen LogP contribution >= 0.6 is 11.8 Å². The Morgan fingerprint density at radius 1 is 0.920 bits per heavy atom. The average molecular weight is 346 g/mol. The van der Waals surface area contributed by atoms with Crippen molar-refractivity contribution in [3.63, 3.8) is 0 Å². The fourth-order valence-corrected chi connectivity index (χ4v) is 3.18. The Hall–Kier alpha value is -3.05. The van der Waals surface area contributed by atoms with Gasteiger partial charge in [0, 0.05) is 5.56 Å². The van der Waals surface area contributed by atoms with Gasteiger partial charge in [0.15, 0.2) is 0 Å². The van der Waals surface area contributed by atoms with Gasteiger partial charge in [0.2, 0.25) is 0 Å². The van der Waals surface area contributed by atoms with Crippen molar-refractivity contribution in [1.29, 1.82) is 0 Å². The third-order valence-corrected chi connectivity index (χ3v) is 4.43. The number of rotatable bonds is 3. The molecule has 3 aromatic rings. The van der Waals surface area contributed by atoms with E-state index in [0.29, 0.717) is 11.6 Å². The summed E-state index contributed by atoms with van der Waals surface area (Å²) in [6, 6.07) is 23.2. The van der Waals surface area contributed by atoms with E-state index >= 15 is 0 Å². The molecule has 5 heteroatoms. The van der Waals surface area contributed by atoms with Crippen LogP contribution in [-0.2, 0) is 0 Å². The molecule has 1 saturated heterocycles. The lowest BCUT2D eigenvalue weighted by atomic mass is 10.2. The number of nitrogens with zero attached hydrogens (tertiary/aromatic N) is 1. The van der Waals surface area contributed by atoms with Crippen molar-refractivity contribution in [2.45, 2.75) is 0 Å². The van der Waals surface area contributed by atoms with Crippen LogP contribution in [0.1, 0.15) is 5.76 Å². The van der Waals surface area contributed by atoms with E-state index in [2.05, 4.69) is 10.3 Å². The second-order valence-electron chi connectivity index (χ2n) is 5.39. The predicted molar refractivity (Wildman–Crippen MR) is 102 cm³/mol. The highest BCUT2D eigenvalue weighted by Crippen LogP contribution is 2.30. The summed E-state index contributed by atoms with van der Waals surface area (Å²) in [7, 11) is 0. The molecule has 4 rings (SSSR count). The number of hydrogen-bond acceptors (Lipinski definition) is 4. The Morgan fingerprint density at radius 3 is 2.40 bits per heavy atom. The molecule has 4 nitrogen and oxygen atoms in total. The maximum Gasteiger partial charge on any atom is 0.289 e. The summed E-state index contributed by atoms with van der Waals surface area (Å²) in [5, 5.41) is 2.63. The van der Waals surface area contributed by atoms with E-state index in [4.69, 9.17) is 4.42 Å². The van der Waals surface area contributed by atoms with Crippen LogP contribution in [0.25, 0.3) is 17.4 Å². The normalized spacial score (nSPS) is 17.2. The number of para-hydroxylation sites is 1. The summed E-state index contributed by atoms with van der Waals surface area (Å²) < 4.78 is 5.88. The molecule has 2 aromatic carbocycles. The molecule has 25 heavy (non-hydrogen) atoms. The van der Waals surface area contributed by atoms with Crippen molar-refractivity contribution < 1.29 is 9.21 Å². The minimum Gasteiger partial charge on any atom is -0.457 e. The minimum atomic E-state index is -0.143. The Labute approximate surface area is 149 Å². The van der Waals surface area contributed by atoms with Gasteiger partial charge in [-0.25, -0.2) is 4.99 Å². The van der Waals surface area contributed by atoms with Gasteiger partial charge in [-0.1, -0.05) is 48.5 Å². The maximum absolute atomic E-state index is 11.8. The first-order valence-electron chi connectivity index (χ1n) is 7.78.